The van der Waals surface area contributed by atoms with E-state index in [1.54, 1.807) is 19.0 Å². The molecule has 1 amide bonds. The van der Waals surface area contributed by atoms with Gasteiger partial charge in [0.2, 0.25) is 5.91 Å². The fraction of sp³-hybridized carbons (Fsp3) is 0.300. The Bertz CT molecular complexity index is 1130. The lowest BCUT2D eigenvalue weighted by Crippen LogP contribution is -2.52. The van der Waals surface area contributed by atoms with E-state index in [2.05, 4.69) is 0 Å². The third-order valence-electron chi connectivity index (χ3n) is 6.97. The first-order valence-electron chi connectivity index (χ1n) is 12.0. The van der Waals surface area contributed by atoms with Crippen molar-refractivity contribution in [2.75, 3.05) is 33.7 Å². The van der Waals surface area contributed by atoms with Crippen LogP contribution in [0.4, 0.5) is 0 Å². The molecule has 0 aromatic heterocycles. The topological polar surface area (TPSA) is 57.7 Å². The highest BCUT2D eigenvalue weighted by molar-refractivity contribution is 6.02. The van der Waals surface area contributed by atoms with Crippen molar-refractivity contribution in [3.05, 3.63) is 107 Å². The Kier molecular flexibility index (Phi) is 7.57. The Balaban J connectivity index is 1.82. The predicted octanol–water partition coefficient (Wildman–Crippen LogP) is 4.48. The lowest BCUT2D eigenvalue weighted by molar-refractivity contribution is -0.130. The molecule has 5 heteroatoms. The first-order valence-corrected chi connectivity index (χ1v) is 12.0. The van der Waals surface area contributed by atoms with Gasteiger partial charge < -0.3 is 4.90 Å². The molecule has 180 valence electrons. The van der Waals surface area contributed by atoms with Crippen LogP contribution in [0.25, 0.3) is 0 Å². The zero-order valence-electron chi connectivity index (χ0n) is 20.6. The highest BCUT2D eigenvalue weighted by Crippen LogP contribution is 2.42. The summed E-state index contributed by atoms with van der Waals surface area (Å²) in [5, 5.41) is 0. The van der Waals surface area contributed by atoms with Gasteiger partial charge in [-0.25, -0.2) is 0 Å². The molecule has 35 heavy (non-hydrogen) atoms. The van der Waals surface area contributed by atoms with Crippen LogP contribution in [0.15, 0.2) is 84.9 Å². The largest absolute Gasteiger partial charge is 0.348 e. The monoisotopic (exact) mass is 468 g/mol. The number of nitrogens with zero attached hydrogens (tertiary/aromatic N) is 2. The normalized spacial score (nSPS) is 20.3. The molecule has 1 saturated heterocycles. The van der Waals surface area contributed by atoms with Crippen LogP contribution in [0.1, 0.15) is 37.8 Å². The number of hydrogen-bond acceptors (Lipinski definition) is 4. The van der Waals surface area contributed by atoms with Gasteiger partial charge in [0.1, 0.15) is 0 Å². The lowest BCUT2D eigenvalue weighted by Gasteiger charge is -2.43. The maximum Gasteiger partial charge on any atom is 0.236 e. The number of likely N-dealkylation sites (tertiary alicyclic amines) is 1. The van der Waals surface area contributed by atoms with Crippen LogP contribution in [-0.4, -0.2) is 61.0 Å². The molecule has 1 aliphatic rings. The van der Waals surface area contributed by atoms with E-state index in [1.807, 2.05) is 96.8 Å². The second-order valence-corrected chi connectivity index (χ2v) is 9.54. The Labute approximate surface area is 207 Å². The number of rotatable bonds is 7. The number of ketones is 2. The van der Waals surface area contributed by atoms with Crippen LogP contribution in [0.5, 0.6) is 0 Å². The van der Waals surface area contributed by atoms with Gasteiger partial charge in [-0.05, 0) is 18.1 Å². The van der Waals surface area contributed by atoms with Gasteiger partial charge in [-0.3, -0.25) is 19.3 Å². The number of amides is 1. The summed E-state index contributed by atoms with van der Waals surface area (Å²) in [5.41, 5.74) is 3.34. The van der Waals surface area contributed by atoms with Crippen molar-refractivity contribution in [2.24, 2.45) is 11.8 Å². The number of carbonyl (C=O) groups excluding carboxylic acids is 3. The Hall–Kier alpha value is -3.57. The van der Waals surface area contributed by atoms with Crippen molar-refractivity contribution in [2.45, 2.75) is 12.8 Å². The number of Topliss-reactive ketones (excluding diaryl/α,β-unsaturated/α-hetero) is 2. The van der Waals surface area contributed by atoms with Crippen LogP contribution in [-0.2, 0) is 4.79 Å². The van der Waals surface area contributed by atoms with Crippen LogP contribution in [0.3, 0.4) is 0 Å². The van der Waals surface area contributed by atoms with E-state index in [0.717, 1.165) is 11.1 Å². The summed E-state index contributed by atoms with van der Waals surface area (Å²) < 4.78 is 0. The molecule has 0 radical (unpaired) electrons. The summed E-state index contributed by atoms with van der Waals surface area (Å²) in [6, 6.07) is 26.6. The summed E-state index contributed by atoms with van der Waals surface area (Å²) in [6.07, 6.45) is 0. The van der Waals surface area contributed by atoms with Crippen LogP contribution in [0, 0.1) is 18.8 Å². The molecule has 1 aliphatic heterocycles. The van der Waals surface area contributed by atoms with Gasteiger partial charge in [-0.1, -0.05) is 84.9 Å². The number of carbonyl (C=O) groups is 3. The second-order valence-electron chi connectivity index (χ2n) is 9.54. The molecule has 1 fully saturated rings. The van der Waals surface area contributed by atoms with Gasteiger partial charge in [0.15, 0.2) is 11.6 Å². The average molecular weight is 469 g/mol. The maximum absolute atomic E-state index is 13.9. The minimum atomic E-state index is -0.458. The zero-order valence-corrected chi connectivity index (χ0v) is 20.6. The van der Waals surface area contributed by atoms with Crippen molar-refractivity contribution in [3.8, 4) is 0 Å². The summed E-state index contributed by atoms with van der Waals surface area (Å²) in [5.74, 6) is -1.24. The summed E-state index contributed by atoms with van der Waals surface area (Å²) in [7, 11) is 3.45. The average Bonchev–Trinajstić information content (AvgIpc) is 2.88. The maximum atomic E-state index is 13.9. The minimum Gasteiger partial charge on any atom is -0.348 e. The van der Waals surface area contributed by atoms with E-state index in [9.17, 15) is 14.4 Å². The molecule has 0 saturated carbocycles. The highest BCUT2D eigenvalue weighted by Gasteiger charge is 2.45. The molecule has 0 N–H and O–H groups in total. The standard InChI is InChI=1S/C30H32N2O3/c1-21-12-10-11-17-24(21)28-25(29(34)22-13-6-4-7-14-22)18-32(20-27(33)31(2)3)19-26(28)30(35)23-15-8-5-9-16-23/h4-17,25-26,28H,18-20H2,1-3H3. The van der Waals surface area contributed by atoms with Crippen LogP contribution < -0.4 is 0 Å². The van der Waals surface area contributed by atoms with Gasteiger partial charge in [0, 0.05) is 56.1 Å². The Morgan fingerprint density at radius 1 is 0.743 bits per heavy atom. The molecule has 0 spiro atoms. The minimum absolute atomic E-state index is 0.00622. The Morgan fingerprint density at radius 3 is 1.66 bits per heavy atom. The number of benzene rings is 3. The smallest absolute Gasteiger partial charge is 0.236 e. The first-order chi connectivity index (χ1) is 16.9. The van der Waals surface area contributed by atoms with Gasteiger partial charge in [-0.15, -0.1) is 0 Å². The predicted molar refractivity (Wildman–Crippen MR) is 138 cm³/mol. The molecule has 5 nitrogen and oxygen atoms in total. The summed E-state index contributed by atoms with van der Waals surface area (Å²) in [6.45, 7) is 3.05. The number of piperidine rings is 1. The zero-order chi connectivity index (χ0) is 24.9. The lowest BCUT2D eigenvalue weighted by atomic mass is 9.68. The number of hydrogen-bond donors (Lipinski definition) is 0. The van der Waals surface area contributed by atoms with Crippen molar-refractivity contribution >= 4 is 17.5 Å². The molecular weight excluding hydrogens is 436 g/mol. The highest BCUT2D eigenvalue weighted by atomic mass is 16.2. The summed E-state index contributed by atoms with van der Waals surface area (Å²) >= 11 is 0. The van der Waals surface area contributed by atoms with Crippen molar-refractivity contribution in [3.63, 3.8) is 0 Å². The van der Waals surface area contributed by atoms with E-state index in [4.69, 9.17) is 0 Å². The molecule has 3 aromatic carbocycles. The molecule has 1 heterocycles. The van der Waals surface area contributed by atoms with Crippen LogP contribution in [0.2, 0.25) is 0 Å². The number of likely N-dealkylation sites (N-methyl/N-ethyl adjacent to an activating group) is 1. The molecule has 0 bridgehead atoms. The first kappa shape index (κ1) is 24.6. The van der Waals surface area contributed by atoms with Crippen molar-refractivity contribution in [1.29, 1.82) is 0 Å². The third kappa shape index (κ3) is 5.41. The van der Waals surface area contributed by atoms with E-state index < -0.39 is 11.8 Å². The van der Waals surface area contributed by atoms with Gasteiger partial charge in [0.05, 0.1) is 6.54 Å². The fourth-order valence-electron chi connectivity index (χ4n) is 5.12. The van der Waals surface area contributed by atoms with Crippen molar-refractivity contribution in [1.82, 2.24) is 9.80 Å². The fourth-order valence-corrected chi connectivity index (χ4v) is 5.12. The van der Waals surface area contributed by atoms with E-state index in [0.29, 0.717) is 24.2 Å². The second kappa shape index (κ2) is 10.8. The Morgan fingerprint density at radius 2 is 1.20 bits per heavy atom. The van der Waals surface area contributed by atoms with Crippen molar-refractivity contribution < 1.29 is 14.4 Å². The van der Waals surface area contributed by atoms with E-state index >= 15 is 0 Å². The molecular formula is C30H32N2O3. The SMILES string of the molecule is Cc1ccccc1C1C(C(=O)c2ccccc2)CN(CC(=O)N(C)C)CC1C(=O)c1ccccc1. The molecule has 4 rings (SSSR count). The molecule has 2 unspecified atom stereocenters. The molecule has 2 atom stereocenters. The van der Waals surface area contributed by atoms with Crippen LogP contribution >= 0.6 is 0 Å². The summed E-state index contributed by atoms with van der Waals surface area (Å²) in [4.78, 5) is 44.0. The number of aryl methyl sites for hydroxylation is 1. The van der Waals surface area contributed by atoms with E-state index in [1.165, 1.54) is 0 Å². The quantitative estimate of drug-likeness (QED) is 0.480. The van der Waals surface area contributed by atoms with Gasteiger partial charge >= 0.3 is 0 Å². The molecule has 3 aromatic rings. The van der Waals surface area contributed by atoms with E-state index in [-0.39, 0.29) is 29.9 Å². The molecule has 0 aliphatic carbocycles. The van der Waals surface area contributed by atoms with Gasteiger partial charge in [0.25, 0.3) is 0 Å². The third-order valence-corrected chi connectivity index (χ3v) is 6.97. The van der Waals surface area contributed by atoms with Gasteiger partial charge in [-0.2, -0.15) is 0 Å².